The van der Waals surface area contributed by atoms with E-state index in [0.29, 0.717) is 18.5 Å². The van der Waals surface area contributed by atoms with Crippen LogP contribution in [0.1, 0.15) is 37.0 Å². The molecular formula is C13H17ClN2O3. The molecule has 0 aromatic carbocycles. The van der Waals surface area contributed by atoms with Gasteiger partial charge >= 0.3 is 5.97 Å². The number of ether oxygens (including phenoxy) is 2. The lowest BCUT2D eigenvalue weighted by Crippen LogP contribution is -2.35. The molecule has 1 aromatic rings. The van der Waals surface area contributed by atoms with Gasteiger partial charge in [-0.05, 0) is 19.9 Å². The van der Waals surface area contributed by atoms with Crippen molar-refractivity contribution in [1.82, 2.24) is 4.98 Å². The molecule has 2 unspecified atom stereocenters. The van der Waals surface area contributed by atoms with Gasteiger partial charge in [0.1, 0.15) is 11.3 Å². The van der Waals surface area contributed by atoms with Crippen molar-refractivity contribution >= 4 is 23.3 Å². The third-order valence-corrected chi connectivity index (χ3v) is 3.31. The number of hydrogen-bond acceptors (Lipinski definition) is 5. The lowest BCUT2D eigenvalue weighted by atomic mass is 10.0. The van der Waals surface area contributed by atoms with Crippen LogP contribution < -0.4 is 5.73 Å². The van der Waals surface area contributed by atoms with Gasteiger partial charge in [0.05, 0.1) is 29.7 Å². The van der Waals surface area contributed by atoms with Gasteiger partial charge < -0.3 is 15.2 Å². The van der Waals surface area contributed by atoms with Crippen LogP contribution in [0.4, 0.5) is 5.69 Å². The highest BCUT2D eigenvalue weighted by Crippen LogP contribution is 2.24. The predicted octanol–water partition coefficient (Wildman–Crippen LogP) is 2.43. The van der Waals surface area contributed by atoms with Gasteiger partial charge in [0.25, 0.3) is 0 Å². The molecule has 0 amide bonds. The smallest absolute Gasteiger partial charge is 0.341 e. The van der Waals surface area contributed by atoms with Crippen molar-refractivity contribution < 1.29 is 14.3 Å². The van der Waals surface area contributed by atoms with E-state index < -0.39 is 5.97 Å². The lowest BCUT2D eigenvalue weighted by molar-refractivity contribution is -0.0855. The second-order valence-corrected chi connectivity index (χ2v) is 5.22. The molecule has 0 aliphatic carbocycles. The Balaban J connectivity index is 2.06. The Hall–Kier alpha value is -1.33. The third kappa shape index (κ3) is 3.58. The lowest BCUT2D eigenvalue weighted by Gasteiger charge is -2.31. The minimum Gasteiger partial charge on any atom is -0.458 e. The minimum absolute atomic E-state index is 0.0796. The van der Waals surface area contributed by atoms with Gasteiger partial charge in [0.15, 0.2) is 0 Å². The molecule has 6 heteroatoms. The SMILES string of the molecule is CC1CC(OC(=O)c2cc(N)cnc2Cl)CC(C)O1. The second-order valence-electron chi connectivity index (χ2n) is 4.86. The minimum atomic E-state index is -0.490. The van der Waals surface area contributed by atoms with Crippen molar-refractivity contribution in [3.8, 4) is 0 Å². The first-order chi connectivity index (χ1) is 8.95. The van der Waals surface area contributed by atoms with Crippen LogP contribution >= 0.6 is 11.6 Å². The Bertz CT molecular complexity index is 471. The third-order valence-electron chi connectivity index (χ3n) is 3.01. The van der Waals surface area contributed by atoms with Crippen molar-refractivity contribution in [3.63, 3.8) is 0 Å². The molecule has 2 atom stereocenters. The molecule has 2 heterocycles. The highest BCUT2D eigenvalue weighted by molar-refractivity contribution is 6.32. The summed E-state index contributed by atoms with van der Waals surface area (Å²) in [4.78, 5) is 15.9. The van der Waals surface area contributed by atoms with E-state index >= 15 is 0 Å². The monoisotopic (exact) mass is 284 g/mol. The summed E-state index contributed by atoms with van der Waals surface area (Å²) in [6.07, 6.45) is 2.76. The molecule has 2 N–H and O–H groups in total. The molecule has 0 spiro atoms. The summed E-state index contributed by atoms with van der Waals surface area (Å²) in [5, 5.41) is 0.104. The van der Waals surface area contributed by atoms with E-state index in [1.165, 1.54) is 12.3 Å². The average Bonchev–Trinajstić information content (AvgIpc) is 2.30. The Labute approximate surface area is 117 Å². The van der Waals surface area contributed by atoms with Gasteiger partial charge in [-0.25, -0.2) is 9.78 Å². The molecule has 1 fully saturated rings. The number of anilines is 1. The maximum absolute atomic E-state index is 12.1. The normalized spacial score (nSPS) is 27.0. The van der Waals surface area contributed by atoms with E-state index in [0.717, 1.165) is 0 Å². The topological polar surface area (TPSA) is 74.4 Å². The van der Waals surface area contributed by atoms with Gasteiger partial charge in [0.2, 0.25) is 0 Å². The van der Waals surface area contributed by atoms with E-state index in [1.807, 2.05) is 13.8 Å². The van der Waals surface area contributed by atoms with Crippen molar-refractivity contribution in [2.75, 3.05) is 5.73 Å². The number of carbonyl (C=O) groups is 1. The van der Waals surface area contributed by atoms with Crippen LogP contribution in [-0.4, -0.2) is 29.3 Å². The van der Waals surface area contributed by atoms with Crippen molar-refractivity contribution in [1.29, 1.82) is 0 Å². The molecule has 1 aliphatic rings. The molecular weight excluding hydrogens is 268 g/mol. The molecule has 1 saturated heterocycles. The van der Waals surface area contributed by atoms with Crippen LogP contribution in [-0.2, 0) is 9.47 Å². The number of esters is 1. The maximum Gasteiger partial charge on any atom is 0.341 e. The molecule has 1 aromatic heterocycles. The summed E-state index contributed by atoms with van der Waals surface area (Å²) in [5.41, 5.74) is 6.18. The number of nitrogens with two attached hydrogens (primary N) is 1. The fourth-order valence-corrected chi connectivity index (χ4v) is 2.44. The second kappa shape index (κ2) is 5.75. The molecule has 1 aliphatic heterocycles. The van der Waals surface area contributed by atoms with Gasteiger partial charge in [-0.1, -0.05) is 11.6 Å². The molecule has 2 rings (SSSR count). The fourth-order valence-electron chi connectivity index (χ4n) is 2.26. The first-order valence-electron chi connectivity index (χ1n) is 6.23. The Kier molecular flexibility index (Phi) is 4.27. The Morgan fingerprint density at radius 2 is 2.11 bits per heavy atom. The van der Waals surface area contributed by atoms with Gasteiger partial charge in [-0.2, -0.15) is 0 Å². The number of carbonyl (C=O) groups excluding carboxylic acids is 1. The molecule has 104 valence electrons. The van der Waals surface area contributed by atoms with Gasteiger partial charge in [-0.3, -0.25) is 0 Å². The summed E-state index contributed by atoms with van der Waals surface area (Å²) in [5.74, 6) is -0.490. The van der Waals surface area contributed by atoms with Crippen molar-refractivity contribution in [2.45, 2.75) is 45.0 Å². The number of nitrogens with zero attached hydrogens (tertiary/aromatic N) is 1. The van der Waals surface area contributed by atoms with Gasteiger partial charge in [-0.15, -0.1) is 0 Å². The number of nitrogen functional groups attached to an aromatic ring is 1. The van der Waals surface area contributed by atoms with Crippen molar-refractivity contribution in [3.05, 3.63) is 23.0 Å². The quantitative estimate of drug-likeness (QED) is 0.667. The molecule has 0 saturated carbocycles. The van der Waals surface area contributed by atoms with Crippen LogP contribution in [0.2, 0.25) is 5.15 Å². The first-order valence-corrected chi connectivity index (χ1v) is 6.61. The predicted molar refractivity (Wildman–Crippen MR) is 72.1 cm³/mol. The number of rotatable bonds is 2. The fraction of sp³-hybridized carbons (Fsp3) is 0.538. The number of aromatic nitrogens is 1. The van der Waals surface area contributed by atoms with Crippen LogP contribution in [0, 0.1) is 0 Å². The van der Waals surface area contributed by atoms with E-state index in [2.05, 4.69) is 4.98 Å². The van der Waals surface area contributed by atoms with Gasteiger partial charge in [0, 0.05) is 12.8 Å². The zero-order valence-electron chi connectivity index (χ0n) is 10.9. The summed E-state index contributed by atoms with van der Waals surface area (Å²) in [6.45, 7) is 3.93. The van der Waals surface area contributed by atoms with E-state index in [4.69, 9.17) is 26.8 Å². The maximum atomic E-state index is 12.1. The summed E-state index contributed by atoms with van der Waals surface area (Å²) in [7, 11) is 0. The van der Waals surface area contributed by atoms with Crippen LogP contribution in [0.25, 0.3) is 0 Å². The van der Waals surface area contributed by atoms with Crippen LogP contribution in [0.15, 0.2) is 12.3 Å². The first kappa shape index (κ1) is 14.1. The number of pyridine rings is 1. The summed E-state index contributed by atoms with van der Waals surface area (Å²) >= 11 is 5.87. The van der Waals surface area contributed by atoms with E-state index in [-0.39, 0.29) is 29.0 Å². The van der Waals surface area contributed by atoms with E-state index in [1.54, 1.807) is 0 Å². The summed E-state index contributed by atoms with van der Waals surface area (Å²) < 4.78 is 11.1. The summed E-state index contributed by atoms with van der Waals surface area (Å²) in [6, 6.07) is 1.48. The highest BCUT2D eigenvalue weighted by atomic mass is 35.5. The average molecular weight is 285 g/mol. The highest BCUT2D eigenvalue weighted by Gasteiger charge is 2.28. The Morgan fingerprint density at radius 3 is 2.74 bits per heavy atom. The van der Waals surface area contributed by atoms with Crippen LogP contribution in [0.3, 0.4) is 0 Å². The standard InChI is InChI=1S/C13H17ClN2O3/c1-7-3-10(4-8(2)18-7)19-13(17)11-5-9(15)6-16-12(11)14/h5-8,10H,3-4,15H2,1-2H3. The Morgan fingerprint density at radius 1 is 1.47 bits per heavy atom. The van der Waals surface area contributed by atoms with Crippen LogP contribution in [0.5, 0.6) is 0 Å². The molecule has 0 bridgehead atoms. The molecule has 19 heavy (non-hydrogen) atoms. The van der Waals surface area contributed by atoms with E-state index in [9.17, 15) is 4.79 Å². The molecule has 5 nitrogen and oxygen atoms in total. The zero-order chi connectivity index (χ0) is 14.0. The number of halogens is 1. The van der Waals surface area contributed by atoms with Crippen molar-refractivity contribution in [2.24, 2.45) is 0 Å². The molecule has 0 radical (unpaired) electrons. The largest absolute Gasteiger partial charge is 0.458 e. The number of hydrogen-bond donors (Lipinski definition) is 1. The zero-order valence-corrected chi connectivity index (χ0v) is 11.7.